The number of nitrogens with zero attached hydrogens (tertiary/aromatic N) is 1. The van der Waals surface area contributed by atoms with Crippen molar-refractivity contribution in [3.05, 3.63) is 144 Å². The number of aliphatic hydroxyl groups is 1. The number of hydrogen-bond acceptors (Lipinski definition) is 9. The van der Waals surface area contributed by atoms with Crippen LogP contribution in [0.1, 0.15) is 56.9 Å². The molecule has 10 nitrogen and oxygen atoms in total. The first kappa shape index (κ1) is 42.0. The summed E-state index contributed by atoms with van der Waals surface area (Å²) in [6.45, 7) is 10.3. The minimum atomic E-state index is -1.30. The zero-order valence-electron chi connectivity index (χ0n) is 33.5. The van der Waals surface area contributed by atoms with E-state index in [0.29, 0.717) is 13.2 Å². The fourth-order valence-electron chi connectivity index (χ4n) is 6.90. The Bertz CT molecular complexity index is 1880. The van der Waals surface area contributed by atoms with Gasteiger partial charge in [-0.15, -0.1) is 0 Å². The molecule has 0 saturated carbocycles. The number of hydrogen-bond donors (Lipinski definition) is 1. The quantitative estimate of drug-likeness (QED) is 0.131. The molecular weight excluding hydrogens is 723 g/mol. The van der Waals surface area contributed by atoms with Gasteiger partial charge in [-0.05, 0) is 56.9 Å². The third kappa shape index (κ3) is 12.0. The maximum Gasteiger partial charge on any atom is 0.413 e. The number of carbonyl (C=O) groups is 1. The van der Waals surface area contributed by atoms with E-state index in [2.05, 4.69) is 11.8 Å². The van der Waals surface area contributed by atoms with Gasteiger partial charge in [0.05, 0.1) is 45.7 Å². The summed E-state index contributed by atoms with van der Waals surface area (Å²) in [7, 11) is 0. The molecule has 2 saturated heterocycles. The van der Waals surface area contributed by atoms with Gasteiger partial charge in [0.2, 0.25) is 0 Å². The number of rotatable bonds is 14. The van der Waals surface area contributed by atoms with Gasteiger partial charge in [0.1, 0.15) is 47.9 Å². The lowest BCUT2D eigenvalue weighted by Gasteiger charge is -2.45. The molecule has 4 aromatic rings. The van der Waals surface area contributed by atoms with Crippen LogP contribution in [0.15, 0.2) is 121 Å². The van der Waals surface area contributed by atoms with Crippen LogP contribution in [0.4, 0.5) is 4.79 Å². The van der Waals surface area contributed by atoms with Crippen LogP contribution < -0.4 is 0 Å². The van der Waals surface area contributed by atoms with Gasteiger partial charge in [0.25, 0.3) is 0 Å². The lowest BCUT2D eigenvalue weighted by atomic mass is 9.93. The Morgan fingerprint density at radius 2 is 1.19 bits per heavy atom. The van der Waals surface area contributed by atoms with E-state index in [1.54, 1.807) is 34.6 Å². The van der Waals surface area contributed by atoms with Crippen molar-refractivity contribution in [1.82, 2.24) is 4.90 Å². The fourth-order valence-corrected chi connectivity index (χ4v) is 6.90. The third-order valence-electron chi connectivity index (χ3n) is 9.73. The van der Waals surface area contributed by atoms with Crippen molar-refractivity contribution in [3.8, 4) is 11.8 Å². The Hall–Kier alpha value is -4.57. The van der Waals surface area contributed by atoms with E-state index in [4.69, 9.17) is 33.2 Å². The van der Waals surface area contributed by atoms with Gasteiger partial charge >= 0.3 is 6.09 Å². The van der Waals surface area contributed by atoms with Crippen molar-refractivity contribution in [2.75, 3.05) is 13.2 Å². The molecule has 2 heterocycles. The van der Waals surface area contributed by atoms with E-state index in [9.17, 15) is 9.90 Å². The van der Waals surface area contributed by atoms with Crippen LogP contribution in [-0.2, 0) is 59.6 Å². The van der Waals surface area contributed by atoms with Gasteiger partial charge in [0.15, 0.2) is 0 Å². The van der Waals surface area contributed by atoms with Crippen LogP contribution in [0.2, 0.25) is 0 Å². The van der Waals surface area contributed by atoms with E-state index in [0.717, 1.165) is 22.3 Å². The third-order valence-corrected chi connectivity index (χ3v) is 9.73. The molecule has 10 heteroatoms. The van der Waals surface area contributed by atoms with E-state index in [1.807, 2.05) is 121 Å². The van der Waals surface area contributed by atoms with Crippen LogP contribution >= 0.6 is 0 Å². The number of amides is 1. The fraction of sp³-hybridized carbons (Fsp3) is 0.426. The molecular formula is C47H55NO9. The summed E-state index contributed by atoms with van der Waals surface area (Å²) in [5.74, 6) is 6.22. The summed E-state index contributed by atoms with van der Waals surface area (Å²) in [5, 5.41) is 11.7. The maximum absolute atomic E-state index is 13.4. The minimum Gasteiger partial charge on any atom is -0.444 e. The highest BCUT2D eigenvalue weighted by Gasteiger charge is 2.50. The number of carbonyl (C=O) groups excluding carboxylic acids is 1. The molecule has 0 aromatic heterocycles. The number of ether oxygens (including phenoxy) is 7. The Kier molecular flexibility index (Phi) is 14.6. The molecule has 0 spiro atoms. The molecule has 2 fully saturated rings. The molecule has 0 bridgehead atoms. The van der Waals surface area contributed by atoms with E-state index < -0.39 is 60.1 Å². The van der Waals surface area contributed by atoms with Crippen LogP contribution in [0, 0.1) is 11.8 Å². The summed E-state index contributed by atoms with van der Waals surface area (Å²) in [5.41, 5.74) is 2.17. The normalized spacial score (nSPS) is 23.6. The average molecular weight is 778 g/mol. The van der Waals surface area contributed by atoms with Crippen molar-refractivity contribution >= 4 is 6.09 Å². The predicted molar refractivity (Wildman–Crippen MR) is 215 cm³/mol. The van der Waals surface area contributed by atoms with Crippen LogP contribution in [0.3, 0.4) is 0 Å². The molecule has 4 aromatic carbocycles. The van der Waals surface area contributed by atoms with Crippen molar-refractivity contribution in [3.63, 3.8) is 0 Å². The van der Waals surface area contributed by atoms with Gasteiger partial charge < -0.3 is 38.3 Å². The zero-order valence-corrected chi connectivity index (χ0v) is 33.5. The standard InChI is InChI=1S/C47H55NO9/c1-46(2,3)57-45(50)48-38(32-55-47(48,4)5)39(49)26-27-40-42(52-29-35-20-12-7-13-21-35)44(54-31-37-24-16-9-17-25-37)43(53-30-36-22-14-8-15-23-36)41(56-40)33-51-28-34-18-10-6-11-19-34/h6-25,38-44,49H,28-33H2,1-5H3/t38-,39+,40+,41-,42+,43-,44-/m1/s1. The SMILES string of the molecule is CC(C)(C)OC(=O)N1[C@@H]([C@@H](O)C#C[C@@H]2O[C@H](COCc3ccccc3)[C@@H](OCc3ccccc3)[C@H](OCc3ccccc3)[C@H]2OCc2ccccc2)COC1(C)C. The largest absolute Gasteiger partial charge is 0.444 e. The lowest BCUT2D eigenvalue weighted by Crippen LogP contribution is -2.61. The Labute approximate surface area is 336 Å². The average Bonchev–Trinajstić information content (AvgIpc) is 3.53. The summed E-state index contributed by atoms with van der Waals surface area (Å²) < 4.78 is 45.1. The van der Waals surface area contributed by atoms with Crippen LogP contribution in [0.25, 0.3) is 0 Å². The van der Waals surface area contributed by atoms with Gasteiger partial charge in [-0.1, -0.05) is 133 Å². The molecule has 1 amide bonds. The molecule has 0 aliphatic carbocycles. The maximum atomic E-state index is 13.4. The summed E-state index contributed by atoms with van der Waals surface area (Å²) in [6, 6.07) is 38.9. The van der Waals surface area contributed by atoms with Crippen LogP contribution in [0.5, 0.6) is 0 Å². The van der Waals surface area contributed by atoms with Gasteiger partial charge in [-0.2, -0.15) is 0 Å². The van der Waals surface area contributed by atoms with Crippen molar-refractivity contribution < 1.29 is 43.1 Å². The first-order valence-corrected chi connectivity index (χ1v) is 19.6. The van der Waals surface area contributed by atoms with Gasteiger partial charge in [0, 0.05) is 0 Å². The molecule has 7 atom stereocenters. The molecule has 1 N–H and O–H groups in total. The molecule has 57 heavy (non-hydrogen) atoms. The Morgan fingerprint density at radius 1 is 0.737 bits per heavy atom. The minimum absolute atomic E-state index is 0.0652. The summed E-state index contributed by atoms with van der Waals surface area (Å²) in [6.07, 6.45) is -5.52. The zero-order chi connectivity index (χ0) is 40.3. The van der Waals surface area contributed by atoms with Crippen molar-refractivity contribution in [2.45, 2.75) is 115 Å². The van der Waals surface area contributed by atoms with Gasteiger partial charge in [-0.3, -0.25) is 4.90 Å². The summed E-state index contributed by atoms with van der Waals surface area (Å²) in [4.78, 5) is 14.8. The lowest BCUT2D eigenvalue weighted by molar-refractivity contribution is -0.261. The first-order chi connectivity index (χ1) is 27.5. The highest BCUT2D eigenvalue weighted by atomic mass is 16.6. The first-order valence-electron chi connectivity index (χ1n) is 19.6. The molecule has 2 aliphatic rings. The predicted octanol–water partition coefficient (Wildman–Crippen LogP) is 7.46. The molecule has 2 aliphatic heterocycles. The van der Waals surface area contributed by atoms with Gasteiger partial charge in [-0.25, -0.2) is 4.79 Å². The van der Waals surface area contributed by atoms with Crippen molar-refractivity contribution in [1.29, 1.82) is 0 Å². The second-order valence-corrected chi connectivity index (χ2v) is 15.8. The second-order valence-electron chi connectivity index (χ2n) is 15.8. The Balaban J connectivity index is 1.34. The second kappa shape index (κ2) is 19.7. The highest BCUT2D eigenvalue weighted by molar-refractivity contribution is 5.70. The Morgan fingerprint density at radius 3 is 1.68 bits per heavy atom. The van der Waals surface area contributed by atoms with Crippen LogP contribution in [-0.4, -0.2) is 83.3 Å². The molecule has 302 valence electrons. The topological polar surface area (TPSA) is 105 Å². The molecule has 0 radical (unpaired) electrons. The van der Waals surface area contributed by atoms with Crippen molar-refractivity contribution in [2.24, 2.45) is 0 Å². The van der Waals surface area contributed by atoms with E-state index >= 15 is 0 Å². The highest BCUT2D eigenvalue weighted by Crippen LogP contribution is 2.33. The number of benzene rings is 4. The smallest absolute Gasteiger partial charge is 0.413 e. The number of aliphatic hydroxyl groups excluding tert-OH is 1. The summed E-state index contributed by atoms with van der Waals surface area (Å²) >= 11 is 0. The van der Waals surface area contributed by atoms with E-state index in [1.165, 1.54) is 4.90 Å². The molecule has 0 unspecified atom stereocenters. The monoisotopic (exact) mass is 777 g/mol. The molecule has 6 rings (SSSR count). The van der Waals surface area contributed by atoms with E-state index in [-0.39, 0.29) is 26.4 Å².